The van der Waals surface area contributed by atoms with Gasteiger partial charge in [0.1, 0.15) is 0 Å². The van der Waals surface area contributed by atoms with Gasteiger partial charge in [-0.25, -0.2) is 0 Å². The number of benzene rings is 12. The van der Waals surface area contributed by atoms with Crippen molar-refractivity contribution in [2.45, 2.75) is 24.7 Å². The Morgan fingerprint density at radius 3 is 1.29 bits per heavy atom. The molecule has 0 fully saturated rings. The van der Waals surface area contributed by atoms with E-state index in [4.69, 9.17) is 0 Å². The Hall–Kier alpha value is -9.96. The zero-order valence-electron chi connectivity index (χ0n) is 44.0. The fourth-order valence-electron chi connectivity index (χ4n) is 14.0. The molecule has 0 bridgehead atoms. The van der Waals surface area contributed by atoms with Crippen molar-refractivity contribution < 1.29 is 0 Å². The largest absolute Gasteiger partial charge is 0.310 e. The summed E-state index contributed by atoms with van der Waals surface area (Å²) in [5, 5.41) is 5.00. The molecule has 2 aliphatic carbocycles. The van der Waals surface area contributed by atoms with Gasteiger partial charge in [-0.05, 0) is 164 Å². The van der Waals surface area contributed by atoms with E-state index in [1.54, 1.807) is 0 Å². The second kappa shape index (κ2) is 17.3. The lowest BCUT2D eigenvalue weighted by atomic mass is 9.67. The SMILES string of the molecule is CC1(C)c2ccccc2-c2ccc(N(c3ccc(-n4c5ccccc5c5ccccc54)cc3)c3ccc4c(c3)C(c3ccccc3)(c3ccccc3)c3cc(-c5ccc6c(c5)c5ccccc5n6-c5ccccc5)ccc3-4)cc21. The number of anilines is 3. The minimum atomic E-state index is -0.653. The van der Waals surface area contributed by atoms with Gasteiger partial charge in [-0.15, -0.1) is 0 Å². The first-order chi connectivity index (χ1) is 38.9. The highest BCUT2D eigenvalue weighted by molar-refractivity contribution is 6.11. The van der Waals surface area contributed by atoms with Crippen LogP contribution in [0.15, 0.2) is 285 Å². The van der Waals surface area contributed by atoms with E-state index in [2.05, 4.69) is 313 Å². The summed E-state index contributed by atoms with van der Waals surface area (Å²) in [7, 11) is 0. The summed E-state index contributed by atoms with van der Waals surface area (Å²) in [6.45, 7) is 4.75. The van der Waals surface area contributed by atoms with Crippen LogP contribution in [0.3, 0.4) is 0 Å². The molecule has 0 N–H and O–H groups in total. The molecule has 0 saturated carbocycles. The van der Waals surface area contributed by atoms with E-state index in [0.29, 0.717) is 0 Å². The summed E-state index contributed by atoms with van der Waals surface area (Å²) in [6, 6.07) is 106. The maximum Gasteiger partial charge on any atom is 0.0714 e. The van der Waals surface area contributed by atoms with Gasteiger partial charge in [0.25, 0.3) is 0 Å². The van der Waals surface area contributed by atoms with E-state index in [1.807, 2.05) is 0 Å². The molecule has 79 heavy (non-hydrogen) atoms. The first-order valence-corrected chi connectivity index (χ1v) is 27.6. The molecule has 372 valence electrons. The quantitative estimate of drug-likeness (QED) is 0.148. The third-order valence-electron chi connectivity index (χ3n) is 17.6. The average Bonchev–Trinajstić information content (AvgIpc) is 4.40. The van der Waals surface area contributed by atoms with Gasteiger partial charge in [0.05, 0.1) is 27.5 Å². The van der Waals surface area contributed by atoms with Gasteiger partial charge in [0, 0.05) is 55.4 Å². The molecule has 0 atom stereocenters. The van der Waals surface area contributed by atoms with Crippen molar-refractivity contribution in [1.82, 2.24) is 9.13 Å². The molecule has 14 aromatic rings. The smallest absolute Gasteiger partial charge is 0.0714 e. The second-order valence-electron chi connectivity index (χ2n) is 22.0. The zero-order chi connectivity index (χ0) is 52.4. The summed E-state index contributed by atoms with van der Waals surface area (Å²) < 4.78 is 4.80. The first kappa shape index (κ1) is 45.3. The number of rotatable bonds is 8. The van der Waals surface area contributed by atoms with Crippen molar-refractivity contribution in [2.24, 2.45) is 0 Å². The van der Waals surface area contributed by atoms with Crippen LogP contribution in [0, 0.1) is 0 Å². The number of hydrogen-bond acceptors (Lipinski definition) is 1. The standard InChI is InChI=1S/C76H53N3/c1-75(2)67-30-16-12-26-59(67)60-43-40-57(48-68(60)75)77(55-36-38-56(39-37-55)79-71-31-17-13-27-63(71)64-28-14-18-32-72(64)79)58-41-44-62-61-42-34-51(47-69(61)76(70(62)49-58,52-20-6-3-7-21-52)53-22-8-4-9-23-53)50-35-45-74-66(46-50)65-29-15-19-33-73(65)78(74)54-24-10-5-11-25-54/h3-49H,1-2H3. The Bertz CT molecular complexity index is 4640. The molecular weight excluding hydrogens is 955 g/mol. The number of para-hydroxylation sites is 4. The zero-order valence-corrected chi connectivity index (χ0v) is 44.0. The monoisotopic (exact) mass is 1010 g/mol. The molecule has 16 rings (SSSR count). The molecular formula is C76H53N3. The molecule has 0 spiro atoms. The number of fused-ring (bicyclic) bond motifs is 12. The fraction of sp³-hybridized carbons (Fsp3) is 0.0526. The summed E-state index contributed by atoms with van der Waals surface area (Å²) >= 11 is 0. The Labute approximate surface area is 460 Å². The highest BCUT2D eigenvalue weighted by Gasteiger charge is 2.47. The van der Waals surface area contributed by atoms with Crippen molar-refractivity contribution in [3.8, 4) is 44.8 Å². The van der Waals surface area contributed by atoms with Crippen LogP contribution in [0.5, 0.6) is 0 Å². The highest BCUT2D eigenvalue weighted by Crippen LogP contribution is 2.59. The van der Waals surface area contributed by atoms with Gasteiger partial charge in [0.15, 0.2) is 0 Å². The Balaban J connectivity index is 0.902. The minimum absolute atomic E-state index is 0.176. The van der Waals surface area contributed by atoms with Gasteiger partial charge < -0.3 is 14.0 Å². The molecule has 2 aliphatic rings. The first-order valence-electron chi connectivity index (χ1n) is 27.6. The molecule has 0 unspecified atom stereocenters. The van der Waals surface area contributed by atoms with Gasteiger partial charge in [-0.2, -0.15) is 0 Å². The van der Waals surface area contributed by atoms with E-state index < -0.39 is 5.41 Å². The summed E-state index contributed by atoms with van der Waals surface area (Å²) in [6.07, 6.45) is 0. The van der Waals surface area contributed by atoms with E-state index in [9.17, 15) is 0 Å². The molecule has 0 aliphatic heterocycles. The molecule has 3 nitrogen and oxygen atoms in total. The lowest BCUT2D eigenvalue weighted by molar-refractivity contribution is 0.660. The third kappa shape index (κ3) is 6.60. The highest BCUT2D eigenvalue weighted by atomic mass is 15.1. The molecule has 3 heteroatoms. The average molecular weight is 1010 g/mol. The maximum atomic E-state index is 2.51. The molecule has 0 saturated heterocycles. The second-order valence-corrected chi connectivity index (χ2v) is 22.0. The number of nitrogens with zero attached hydrogens (tertiary/aromatic N) is 3. The van der Waals surface area contributed by atoms with Crippen molar-refractivity contribution in [2.75, 3.05) is 4.90 Å². The van der Waals surface area contributed by atoms with Gasteiger partial charge in [0.2, 0.25) is 0 Å². The fourth-order valence-corrected chi connectivity index (χ4v) is 14.0. The van der Waals surface area contributed by atoms with Crippen LogP contribution in [0.4, 0.5) is 17.1 Å². The van der Waals surface area contributed by atoms with E-state index in [-0.39, 0.29) is 5.41 Å². The molecule has 0 radical (unpaired) electrons. The lowest BCUT2D eigenvalue weighted by Crippen LogP contribution is -2.28. The van der Waals surface area contributed by atoms with Crippen molar-refractivity contribution in [3.05, 3.63) is 318 Å². The van der Waals surface area contributed by atoms with Crippen molar-refractivity contribution in [3.63, 3.8) is 0 Å². The van der Waals surface area contributed by atoms with Crippen LogP contribution < -0.4 is 4.90 Å². The maximum absolute atomic E-state index is 2.51. The van der Waals surface area contributed by atoms with Crippen LogP contribution in [0.1, 0.15) is 47.2 Å². The molecule has 0 amide bonds. The van der Waals surface area contributed by atoms with Crippen LogP contribution in [0.2, 0.25) is 0 Å². The van der Waals surface area contributed by atoms with Crippen LogP contribution in [-0.4, -0.2) is 9.13 Å². The summed E-state index contributed by atoms with van der Waals surface area (Å²) in [5.41, 5.74) is 24.8. The van der Waals surface area contributed by atoms with E-state index >= 15 is 0 Å². The predicted octanol–water partition coefficient (Wildman–Crippen LogP) is 19.7. The Kier molecular flexibility index (Phi) is 9.90. The van der Waals surface area contributed by atoms with Crippen molar-refractivity contribution >= 4 is 60.7 Å². The van der Waals surface area contributed by atoms with E-state index in [1.165, 1.54) is 110 Å². The normalized spacial score (nSPS) is 13.6. The van der Waals surface area contributed by atoms with Crippen molar-refractivity contribution in [1.29, 1.82) is 0 Å². The lowest BCUT2D eigenvalue weighted by Gasteiger charge is -2.35. The Morgan fingerprint density at radius 2 is 0.684 bits per heavy atom. The number of hydrogen-bond donors (Lipinski definition) is 0. The minimum Gasteiger partial charge on any atom is -0.310 e. The molecule has 2 aromatic heterocycles. The number of aromatic nitrogens is 2. The van der Waals surface area contributed by atoms with Gasteiger partial charge in [-0.3, -0.25) is 0 Å². The van der Waals surface area contributed by atoms with Gasteiger partial charge >= 0.3 is 0 Å². The van der Waals surface area contributed by atoms with E-state index in [0.717, 1.165) is 28.4 Å². The molecule has 12 aromatic carbocycles. The topological polar surface area (TPSA) is 13.1 Å². The predicted molar refractivity (Wildman–Crippen MR) is 330 cm³/mol. The van der Waals surface area contributed by atoms with Crippen LogP contribution >= 0.6 is 0 Å². The summed E-state index contributed by atoms with van der Waals surface area (Å²) in [5.74, 6) is 0. The third-order valence-corrected chi connectivity index (χ3v) is 17.6. The summed E-state index contributed by atoms with van der Waals surface area (Å²) in [4.78, 5) is 2.49. The Morgan fingerprint density at radius 1 is 0.278 bits per heavy atom. The van der Waals surface area contributed by atoms with Crippen LogP contribution in [0.25, 0.3) is 88.4 Å². The molecule has 2 heterocycles. The van der Waals surface area contributed by atoms with Gasteiger partial charge in [-0.1, -0.05) is 202 Å². The van der Waals surface area contributed by atoms with Crippen LogP contribution in [-0.2, 0) is 10.8 Å².